The highest BCUT2D eigenvalue weighted by Gasteiger charge is 2.27. The monoisotopic (exact) mass is 1350 g/mol. The van der Waals surface area contributed by atoms with Crippen LogP contribution in [0.1, 0.15) is 12.8 Å². The molecule has 0 saturated heterocycles. The van der Waals surface area contributed by atoms with Gasteiger partial charge in [0.25, 0.3) is 0 Å². The van der Waals surface area contributed by atoms with E-state index in [1.807, 2.05) is 0 Å². The van der Waals surface area contributed by atoms with Crippen LogP contribution in [0.2, 0.25) is 0 Å². The minimum Gasteiger partial charge on any atom is -0.309 e. The van der Waals surface area contributed by atoms with Crippen LogP contribution >= 0.6 is 0 Å². The third kappa shape index (κ3) is 8.01. The second kappa shape index (κ2) is 21.7. The zero-order valence-electron chi connectivity index (χ0n) is 57.3. The smallest absolute Gasteiger partial charge is 0.138 e. The fourth-order valence-electron chi connectivity index (χ4n) is 18.6. The van der Waals surface area contributed by atoms with Crippen LogP contribution in [0.25, 0.3) is 222 Å². The zero-order chi connectivity index (χ0) is 69.0. The highest BCUT2D eigenvalue weighted by molar-refractivity contribution is 6.20. The third-order valence-corrected chi connectivity index (χ3v) is 23.1. The van der Waals surface area contributed by atoms with Gasteiger partial charge in [-0.3, -0.25) is 8.80 Å². The van der Waals surface area contributed by atoms with Gasteiger partial charge in [-0.15, -0.1) is 0 Å². The maximum absolute atomic E-state index is 5.59. The van der Waals surface area contributed by atoms with Gasteiger partial charge < -0.3 is 18.3 Å². The van der Waals surface area contributed by atoms with Crippen molar-refractivity contribution in [1.29, 1.82) is 0 Å². The van der Waals surface area contributed by atoms with Gasteiger partial charge >= 0.3 is 0 Å². The van der Waals surface area contributed by atoms with E-state index in [0.29, 0.717) is 0 Å². The summed E-state index contributed by atoms with van der Waals surface area (Å²) in [7, 11) is 0. The molecule has 0 bridgehead atoms. The Morgan fingerprint density at radius 2 is 0.613 bits per heavy atom. The Morgan fingerprint density at radius 3 is 1.14 bits per heavy atom. The first-order valence-electron chi connectivity index (χ1n) is 36.7. The average Bonchev–Trinajstić information content (AvgIpc) is 1.55. The summed E-state index contributed by atoms with van der Waals surface area (Å²) in [6.07, 6.45) is 6.90. The summed E-state index contributed by atoms with van der Waals surface area (Å²) >= 11 is 0. The number of hydrogen-bond acceptors (Lipinski definition) is 2. The molecule has 0 atom stereocenters. The molecule has 0 saturated carbocycles. The van der Waals surface area contributed by atoms with Crippen molar-refractivity contribution in [2.75, 3.05) is 0 Å². The van der Waals surface area contributed by atoms with E-state index >= 15 is 0 Å². The largest absolute Gasteiger partial charge is 0.309 e. The lowest BCUT2D eigenvalue weighted by Gasteiger charge is -2.11. The summed E-state index contributed by atoms with van der Waals surface area (Å²) in [5.41, 5.74) is 30.4. The van der Waals surface area contributed by atoms with E-state index in [2.05, 4.69) is 367 Å². The molecule has 8 heteroatoms. The molecule has 0 aliphatic heterocycles. The fraction of sp³-hybridized carbons (Fsp3) is 0.0204. The van der Waals surface area contributed by atoms with Crippen molar-refractivity contribution < 1.29 is 0 Å². The normalized spacial score (nSPS) is 12.8. The molecule has 0 radical (unpaired) electrons. The van der Waals surface area contributed by atoms with E-state index in [4.69, 9.17) is 9.97 Å². The van der Waals surface area contributed by atoms with E-state index in [0.717, 1.165) is 108 Å². The van der Waals surface area contributed by atoms with Crippen LogP contribution < -0.4 is 10.6 Å². The summed E-state index contributed by atoms with van der Waals surface area (Å²) in [6, 6.07) is 121. The summed E-state index contributed by atoms with van der Waals surface area (Å²) in [5.74, 6) is 0. The predicted octanol–water partition coefficient (Wildman–Crippen LogP) is 23.4. The summed E-state index contributed by atoms with van der Waals surface area (Å²) in [5, 5.41) is 16.0. The van der Waals surface area contributed by atoms with Crippen molar-refractivity contribution >= 4 is 143 Å². The molecule has 1 aliphatic carbocycles. The van der Waals surface area contributed by atoms with E-state index in [-0.39, 0.29) is 0 Å². The SMILES string of the molecule is C1=c2c(n(-c3ccc4nc(-c5cccc(-c6ccc7nc(-c8ccc(-n9c%10ccccc%10c%10cc(-c%11ccc%12c(c%11)c%11ccccc%11n%12-c%11ccccc%11)ccc%109)cc8)c8c9ccccc9c6n78)c5)c5c6ccccc6c3n45)c3ccc(-c4ccc5c(c4)c4ccccc4n5-c4ccccc4)cc23)=CCC1. The van der Waals surface area contributed by atoms with E-state index < -0.39 is 0 Å². The molecule has 0 fully saturated rings. The zero-order valence-corrected chi connectivity index (χ0v) is 57.3. The van der Waals surface area contributed by atoms with Crippen LogP contribution in [0.5, 0.6) is 0 Å². The van der Waals surface area contributed by atoms with Crippen molar-refractivity contribution in [1.82, 2.24) is 37.0 Å². The van der Waals surface area contributed by atoms with Gasteiger partial charge in [-0.25, -0.2) is 9.97 Å². The molecule has 10 aromatic heterocycles. The Balaban J connectivity index is 0.590. The summed E-state index contributed by atoms with van der Waals surface area (Å²) in [6.45, 7) is 0. The third-order valence-electron chi connectivity index (χ3n) is 23.1. The van der Waals surface area contributed by atoms with Crippen molar-refractivity contribution in [2.45, 2.75) is 12.8 Å². The molecule has 13 aromatic carbocycles. The molecule has 1 aliphatic rings. The lowest BCUT2D eigenvalue weighted by Crippen LogP contribution is -2.30. The lowest BCUT2D eigenvalue weighted by atomic mass is 9.99. The summed E-state index contributed by atoms with van der Waals surface area (Å²) < 4.78 is 14.5. The van der Waals surface area contributed by atoms with Gasteiger partial charge in [0.15, 0.2) is 0 Å². The van der Waals surface area contributed by atoms with Gasteiger partial charge in [-0.2, -0.15) is 0 Å². The Hall–Kier alpha value is -14.1. The number of rotatable bonds is 9. The van der Waals surface area contributed by atoms with Gasteiger partial charge in [0.05, 0.1) is 77.8 Å². The van der Waals surface area contributed by atoms with E-state index in [9.17, 15) is 0 Å². The number of fused-ring (bicyclic) bond motifs is 18. The van der Waals surface area contributed by atoms with Crippen LogP contribution in [0.4, 0.5) is 0 Å². The molecule has 23 aromatic rings. The molecule has 8 nitrogen and oxygen atoms in total. The maximum Gasteiger partial charge on any atom is 0.138 e. The van der Waals surface area contributed by atoms with Gasteiger partial charge in [-0.1, -0.05) is 206 Å². The van der Waals surface area contributed by atoms with Crippen LogP contribution in [-0.2, 0) is 0 Å². The Kier molecular flexibility index (Phi) is 11.8. The number of nitrogens with zero attached hydrogens (tertiary/aromatic N) is 8. The predicted molar refractivity (Wildman–Crippen MR) is 441 cm³/mol. The standard InChI is InChI=1S/C98H60N8/c1-3-22-66(23-4-1)101-82-34-15-11-26-70(82)78-55-60(40-47-86(78)101)61-42-49-88-80(57-61)72-28-13-17-36-84(72)103(88)68-44-38-59(39-45-68)93-97-76-32-9-7-30-74(76)95-69(46-52-91(99-93)105(95)97)64-20-19-21-65(54-64)94-98-77-33-10-8-31-75(77)96-90(51-53-92(100-94)106(96)98)104-85-37-18-14-29-73(85)81-58-63(43-50-89(81)104)62-41-48-87-79(56-62)71-27-12-16-35-83(71)102(87)67-24-5-2-6-25-67/h1-13,15-17,19-58H,14,18H2. The molecule has 0 N–H and O–H groups in total. The Bertz CT molecular complexity index is 7810. The first-order valence-corrected chi connectivity index (χ1v) is 36.7. The molecule has 492 valence electrons. The quantitative estimate of drug-likeness (QED) is 0.145. The number of aromatic nitrogens is 8. The second-order valence-corrected chi connectivity index (χ2v) is 28.7. The first-order chi connectivity index (χ1) is 52.6. The number of pyridine rings is 2. The molecular weight excluding hydrogens is 1290 g/mol. The molecule has 0 unspecified atom stereocenters. The highest BCUT2D eigenvalue weighted by atomic mass is 15.1. The van der Waals surface area contributed by atoms with Crippen molar-refractivity contribution in [3.8, 4) is 78.6 Å². The Labute approximate surface area is 606 Å². The van der Waals surface area contributed by atoms with Crippen LogP contribution in [0.15, 0.2) is 328 Å². The van der Waals surface area contributed by atoms with E-state index in [1.54, 1.807) is 0 Å². The first kappa shape index (κ1) is 57.5. The lowest BCUT2D eigenvalue weighted by molar-refractivity contribution is 1.02. The van der Waals surface area contributed by atoms with Crippen molar-refractivity contribution in [3.63, 3.8) is 0 Å². The summed E-state index contributed by atoms with van der Waals surface area (Å²) in [4.78, 5) is 11.1. The average molecular weight is 1350 g/mol. The molecule has 0 spiro atoms. The van der Waals surface area contributed by atoms with Crippen molar-refractivity contribution in [2.24, 2.45) is 0 Å². The van der Waals surface area contributed by atoms with Crippen LogP contribution in [-0.4, -0.2) is 37.0 Å². The maximum atomic E-state index is 5.59. The van der Waals surface area contributed by atoms with Gasteiger partial charge in [-0.05, 0) is 174 Å². The second-order valence-electron chi connectivity index (χ2n) is 28.7. The van der Waals surface area contributed by atoms with Gasteiger partial charge in [0.1, 0.15) is 11.3 Å². The fourth-order valence-corrected chi connectivity index (χ4v) is 18.6. The van der Waals surface area contributed by atoms with Crippen LogP contribution in [0.3, 0.4) is 0 Å². The highest BCUT2D eigenvalue weighted by Crippen LogP contribution is 2.47. The van der Waals surface area contributed by atoms with Crippen molar-refractivity contribution in [3.05, 3.63) is 338 Å². The number of hydrogen-bond donors (Lipinski definition) is 0. The molecule has 106 heavy (non-hydrogen) atoms. The van der Waals surface area contributed by atoms with Gasteiger partial charge in [0.2, 0.25) is 0 Å². The number of imidazole rings is 2. The van der Waals surface area contributed by atoms with Gasteiger partial charge in [0, 0.05) is 104 Å². The minimum absolute atomic E-state index is 0.919. The minimum atomic E-state index is 0.919. The Morgan fingerprint density at radius 1 is 0.226 bits per heavy atom. The molecule has 10 heterocycles. The topological polar surface area (TPSA) is 54.3 Å². The molecule has 24 rings (SSSR count). The van der Waals surface area contributed by atoms with E-state index in [1.165, 1.54) is 125 Å². The molecular formula is C98H60N8. The number of para-hydroxylation sites is 5. The molecule has 0 amide bonds. The number of benzene rings is 13. The van der Waals surface area contributed by atoms with Crippen LogP contribution in [0, 0.1) is 0 Å².